The Hall–Kier alpha value is -1.29. The lowest BCUT2D eigenvalue weighted by Crippen LogP contribution is -1.93. The summed E-state index contributed by atoms with van der Waals surface area (Å²) in [7, 11) is 1.68. The Morgan fingerprint density at radius 3 is 2.65 bits per heavy atom. The normalized spacial score (nSPS) is 10.9. The summed E-state index contributed by atoms with van der Waals surface area (Å²) in [5.74, 6) is 1.34. The number of hydrogen-bond donors (Lipinski definition) is 1. The van der Waals surface area contributed by atoms with E-state index in [1.54, 1.807) is 13.4 Å². The molecule has 1 aromatic heterocycles. The number of hydrogen-bond acceptors (Lipinski definition) is 2. The van der Waals surface area contributed by atoms with E-state index in [2.05, 4.69) is 57.9 Å². The molecule has 3 nitrogen and oxygen atoms in total. The van der Waals surface area contributed by atoms with Crippen LogP contribution < -0.4 is 4.74 Å². The first kappa shape index (κ1) is 12.2. The van der Waals surface area contributed by atoms with Crippen molar-refractivity contribution in [3.63, 3.8) is 0 Å². The number of ether oxygens (including phenoxy) is 1. The van der Waals surface area contributed by atoms with Crippen LogP contribution in [0.2, 0.25) is 0 Å². The first-order valence-electron chi connectivity index (χ1n) is 5.50. The average molecular weight is 295 g/mol. The van der Waals surface area contributed by atoms with Gasteiger partial charge in [-0.3, -0.25) is 0 Å². The molecule has 0 saturated heterocycles. The summed E-state index contributed by atoms with van der Waals surface area (Å²) in [5.41, 5.74) is 3.12. The molecule has 90 valence electrons. The molecule has 0 unspecified atom stereocenters. The molecule has 1 aromatic carbocycles. The maximum atomic E-state index is 5.44. The smallest absolute Gasteiger partial charge is 0.128 e. The summed E-state index contributed by atoms with van der Waals surface area (Å²) >= 11 is 3.44. The van der Waals surface area contributed by atoms with Crippen molar-refractivity contribution in [3.05, 3.63) is 34.7 Å². The van der Waals surface area contributed by atoms with Gasteiger partial charge in [-0.2, -0.15) is 0 Å². The fraction of sp³-hybridized carbons (Fsp3) is 0.308. The van der Waals surface area contributed by atoms with E-state index in [0.717, 1.165) is 21.6 Å². The van der Waals surface area contributed by atoms with Crippen LogP contribution in [0.4, 0.5) is 0 Å². The Kier molecular flexibility index (Phi) is 3.52. The summed E-state index contributed by atoms with van der Waals surface area (Å²) in [6.07, 6.45) is 1.66. The Bertz CT molecular complexity index is 520. The largest absolute Gasteiger partial charge is 0.496 e. The minimum absolute atomic E-state index is 0.487. The molecule has 4 heteroatoms. The lowest BCUT2D eigenvalue weighted by Gasteiger charge is -2.11. The van der Waals surface area contributed by atoms with Crippen molar-refractivity contribution in [1.82, 2.24) is 9.97 Å². The number of aromatic nitrogens is 2. The first-order valence-corrected chi connectivity index (χ1v) is 6.30. The maximum absolute atomic E-state index is 5.44. The maximum Gasteiger partial charge on any atom is 0.128 e. The Balaban J connectivity index is 2.52. The van der Waals surface area contributed by atoms with Crippen LogP contribution in [0, 0.1) is 0 Å². The second kappa shape index (κ2) is 4.92. The highest BCUT2D eigenvalue weighted by atomic mass is 79.9. The average Bonchev–Trinajstić information content (AvgIpc) is 2.74. The monoisotopic (exact) mass is 294 g/mol. The van der Waals surface area contributed by atoms with Crippen LogP contribution in [0.1, 0.15) is 25.3 Å². The van der Waals surface area contributed by atoms with Crippen LogP contribution in [0.15, 0.2) is 29.1 Å². The van der Waals surface area contributed by atoms with Crippen LogP contribution in [-0.2, 0) is 0 Å². The molecule has 0 spiro atoms. The number of methoxy groups -OCH3 is 1. The van der Waals surface area contributed by atoms with Gasteiger partial charge in [0.1, 0.15) is 16.0 Å². The van der Waals surface area contributed by atoms with E-state index in [9.17, 15) is 0 Å². The summed E-state index contributed by atoms with van der Waals surface area (Å²) in [5, 5.41) is 0. The minimum Gasteiger partial charge on any atom is -0.496 e. The zero-order valence-corrected chi connectivity index (χ0v) is 11.7. The van der Waals surface area contributed by atoms with Gasteiger partial charge < -0.3 is 9.72 Å². The second-order valence-corrected chi connectivity index (χ2v) is 4.97. The van der Waals surface area contributed by atoms with Gasteiger partial charge in [-0.1, -0.05) is 19.9 Å². The number of aromatic amines is 1. The fourth-order valence-corrected chi connectivity index (χ4v) is 2.15. The van der Waals surface area contributed by atoms with Gasteiger partial charge in [0.15, 0.2) is 0 Å². The predicted molar refractivity (Wildman–Crippen MR) is 72.4 cm³/mol. The molecule has 1 heterocycles. The van der Waals surface area contributed by atoms with E-state index >= 15 is 0 Å². The molecule has 0 bridgehead atoms. The molecular weight excluding hydrogens is 280 g/mol. The number of imidazole rings is 1. The quantitative estimate of drug-likeness (QED) is 0.930. The molecular formula is C13H15BrN2O. The number of nitrogens with zero attached hydrogens (tertiary/aromatic N) is 1. The topological polar surface area (TPSA) is 37.9 Å². The van der Waals surface area contributed by atoms with E-state index in [1.165, 1.54) is 5.56 Å². The van der Waals surface area contributed by atoms with Crippen molar-refractivity contribution in [2.75, 3.05) is 7.11 Å². The zero-order chi connectivity index (χ0) is 12.4. The third-order valence-corrected chi connectivity index (χ3v) is 3.34. The highest BCUT2D eigenvalue weighted by Crippen LogP contribution is 2.34. The molecule has 2 rings (SSSR count). The standard InChI is InChI=1S/C13H15BrN2O/c1-8(2)9-4-5-10(11(6-9)17-3)12-13(14)16-7-15-12/h4-8H,1-3H3,(H,15,16). The van der Waals surface area contributed by atoms with Crippen LogP contribution >= 0.6 is 15.9 Å². The zero-order valence-electron chi connectivity index (χ0n) is 10.1. The molecule has 17 heavy (non-hydrogen) atoms. The third kappa shape index (κ3) is 2.36. The molecule has 0 aliphatic carbocycles. The fourth-order valence-electron chi connectivity index (χ4n) is 1.73. The van der Waals surface area contributed by atoms with Gasteiger partial charge in [0, 0.05) is 5.56 Å². The molecule has 2 aromatic rings. The van der Waals surface area contributed by atoms with Gasteiger partial charge in [-0.25, -0.2) is 4.98 Å². The lowest BCUT2D eigenvalue weighted by atomic mass is 10.00. The minimum atomic E-state index is 0.487. The summed E-state index contributed by atoms with van der Waals surface area (Å²) in [4.78, 5) is 7.29. The van der Waals surface area contributed by atoms with Crippen molar-refractivity contribution >= 4 is 15.9 Å². The lowest BCUT2D eigenvalue weighted by molar-refractivity contribution is 0.415. The van der Waals surface area contributed by atoms with Crippen LogP contribution in [0.25, 0.3) is 11.3 Å². The van der Waals surface area contributed by atoms with Crippen molar-refractivity contribution < 1.29 is 4.74 Å². The van der Waals surface area contributed by atoms with Crippen molar-refractivity contribution in [2.24, 2.45) is 0 Å². The molecule has 0 amide bonds. The predicted octanol–water partition coefficient (Wildman–Crippen LogP) is 3.97. The van der Waals surface area contributed by atoms with E-state index in [-0.39, 0.29) is 0 Å². The number of nitrogens with one attached hydrogen (secondary N) is 1. The van der Waals surface area contributed by atoms with Crippen molar-refractivity contribution in [3.8, 4) is 17.0 Å². The van der Waals surface area contributed by atoms with E-state index in [0.29, 0.717) is 5.92 Å². The van der Waals surface area contributed by atoms with Gasteiger partial charge in [-0.15, -0.1) is 0 Å². The van der Waals surface area contributed by atoms with Crippen LogP contribution in [-0.4, -0.2) is 17.1 Å². The highest BCUT2D eigenvalue weighted by molar-refractivity contribution is 9.10. The first-order chi connectivity index (χ1) is 8.13. The molecule has 0 aliphatic heterocycles. The summed E-state index contributed by atoms with van der Waals surface area (Å²) in [6, 6.07) is 6.24. The summed E-state index contributed by atoms with van der Waals surface area (Å²) in [6.45, 7) is 4.33. The number of rotatable bonds is 3. The molecule has 0 fully saturated rings. The van der Waals surface area contributed by atoms with Gasteiger partial charge >= 0.3 is 0 Å². The Labute approximate surface area is 109 Å². The molecule has 0 saturated carbocycles. The van der Waals surface area contributed by atoms with Crippen molar-refractivity contribution in [1.29, 1.82) is 0 Å². The van der Waals surface area contributed by atoms with Crippen LogP contribution in [0.3, 0.4) is 0 Å². The number of halogens is 1. The summed E-state index contributed by atoms with van der Waals surface area (Å²) < 4.78 is 6.31. The Morgan fingerprint density at radius 2 is 2.12 bits per heavy atom. The highest BCUT2D eigenvalue weighted by Gasteiger charge is 2.13. The van der Waals surface area contributed by atoms with E-state index < -0.39 is 0 Å². The SMILES string of the molecule is COc1cc(C(C)C)ccc1-c1nc[nH]c1Br. The Morgan fingerprint density at radius 1 is 1.35 bits per heavy atom. The number of H-pyrrole nitrogens is 1. The van der Waals surface area contributed by atoms with Gasteiger partial charge in [-0.05, 0) is 39.5 Å². The molecule has 1 N–H and O–H groups in total. The number of benzene rings is 1. The van der Waals surface area contributed by atoms with Gasteiger partial charge in [0.05, 0.1) is 13.4 Å². The third-order valence-electron chi connectivity index (χ3n) is 2.74. The van der Waals surface area contributed by atoms with E-state index in [4.69, 9.17) is 4.74 Å². The second-order valence-electron chi connectivity index (χ2n) is 4.18. The molecule has 0 radical (unpaired) electrons. The molecule has 0 atom stereocenters. The molecule has 0 aliphatic rings. The van der Waals surface area contributed by atoms with Gasteiger partial charge in [0.2, 0.25) is 0 Å². The van der Waals surface area contributed by atoms with Gasteiger partial charge in [0.25, 0.3) is 0 Å². The van der Waals surface area contributed by atoms with Crippen LogP contribution in [0.5, 0.6) is 5.75 Å². The van der Waals surface area contributed by atoms with Crippen molar-refractivity contribution in [2.45, 2.75) is 19.8 Å². The van der Waals surface area contributed by atoms with E-state index in [1.807, 2.05) is 0 Å².